The first-order valence-corrected chi connectivity index (χ1v) is 6.94. The van der Waals surface area contributed by atoms with Gasteiger partial charge < -0.3 is 14.8 Å². The summed E-state index contributed by atoms with van der Waals surface area (Å²) in [4.78, 5) is 11.9. The third-order valence-electron chi connectivity index (χ3n) is 2.16. The van der Waals surface area contributed by atoms with Crippen molar-refractivity contribution in [2.75, 3.05) is 32.2 Å². The molecule has 0 unspecified atom stereocenters. The highest BCUT2D eigenvalue weighted by Crippen LogP contribution is 2.22. The minimum absolute atomic E-state index is 0.203. The van der Waals surface area contributed by atoms with E-state index in [0.717, 1.165) is 5.33 Å². The third kappa shape index (κ3) is 4.84. The van der Waals surface area contributed by atoms with Gasteiger partial charge in [-0.05, 0) is 18.2 Å². The van der Waals surface area contributed by atoms with Crippen LogP contribution in [-0.4, -0.2) is 38.1 Å². The SMILES string of the molecule is COc1cc(Cl)ccc1C(=O)NCCOCCBr. The van der Waals surface area contributed by atoms with Crippen LogP contribution in [0.25, 0.3) is 0 Å². The molecule has 1 N–H and O–H groups in total. The van der Waals surface area contributed by atoms with E-state index in [4.69, 9.17) is 21.1 Å². The first-order chi connectivity index (χ1) is 8.69. The predicted octanol–water partition coefficient (Wildman–Crippen LogP) is 2.49. The molecule has 0 aromatic heterocycles. The molecular formula is C12H15BrClNO3. The lowest BCUT2D eigenvalue weighted by atomic mass is 10.2. The van der Waals surface area contributed by atoms with Gasteiger partial charge in [-0.2, -0.15) is 0 Å². The van der Waals surface area contributed by atoms with Gasteiger partial charge in [-0.1, -0.05) is 27.5 Å². The van der Waals surface area contributed by atoms with Gasteiger partial charge in [0.2, 0.25) is 0 Å². The number of hydrogen-bond acceptors (Lipinski definition) is 3. The summed E-state index contributed by atoms with van der Waals surface area (Å²) < 4.78 is 10.3. The Hall–Kier alpha value is -0.780. The molecule has 0 saturated heterocycles. The Labute approximate surface area is 120 Å². The Morgan fingerprint density at radius 3 is 2.89 bits per heavy atom. The lowest BCUT2D eigenvalue weighted by Crippen LogP contribution is -2.27. The van der Waals surface area contributed by atoms with Gasteiger partial charge in [0.25, 0.3) is 5.91 Å². The van der Waals surface area contributed by atoms with Crippen molar-refractivity contribution < 1.29 is 14.3 Å². The van der Waals surface area contributed by atoms with E-state index in [-0.39, 0.29) is 5.91 Å². The normalized spacial score (nSPS) is 10.2. The maximum atomic E-state index is 11.9. The van der Waals surface area contributed by atoms with Crippen molar-refractivity contribution in [1.82, 2.24) is 5.32 Å². The maximum absolute atomic E-state index is 11.9. The molecule has 0 fully saturated rings. The standard InChI is InChI=1S/C12H15BrClNO3/c1-17-11-8-9(14)2-3-10(11)12(16)15-5-7-18-6-4-13/h2-3,8H,4-7H2,1H3,(H,15,16). The zero-order chi connectivity index (χ0) is 13.4. The van der Waals surface area contributed by atoms with Crippen LogP contribution in [0, 0.1) is 0 Å². The molecule has 0 aliphatic carbocycles. The van der Waals surface area contributed by atoms with Gasteiger partial charge in [-0.15, -0.1) is 0 Å². The second kappa shape index (κ2) is 8.34. The number of halogens is 2. The molecule has 0 aliphatic rings. The van der Waals surface area contributed by atoms with Gasteiger partial charge in [0.1, 0.15) is 5.75 Å². The molecule has 0 heterocycles. The lowest BCUT2D eigenvalue weighted by Gasteiger charge is -2.09. The summed E-state index contributed by atoms with van der Waals surface area (Å²) in [5.74, 6) is 0.257. The molecule has 1 rings (SSSR count). The van der Waals surface area contributed by atoms with E-state index in [9.17, 15) is 4.79 Å². The molecule has 100 valence electrons. The maximum Gasteiger partial charge on any atom is 0.255 e. The summed E-state index contributed by atoms with van der Waals surface area (Å²) in [6.07, 6.45) is 0. The zero-order valence-electron chi connectivity index (χ0n) is 10.0. The quantitative estimate of drug-likeness (QED) is 0.615. The van der Waals surface area contributed by atoms with Gasteiger partial charge in [0, 0.05) is 16.9 Å². The van der Waals surface area contributed by atoms with Crippen LogP contribution in [0.3, 0.4) is 0 Å². The fourth-order valence-electron chi connectivity index (χ4n) is 1.34. The summed E-state index contributed by atoms with van der Waals surface area (Å²) in [6, 6.07) is 4.90. The van der Waals surface area contributed by atoms with Gasteiger partial charge in [-0.25, -0.2) is 0 Å². The van der Waals surface area contributed by atoms with E-state index in [0.29, 0.717) is 36.1 Å². The Bertz CT molecular complexity index is 401. The number of nitrogens with one attached hydrogen (secondary N) is 1. The number of carbonyl (C=O) groups excluding carboxylic acids is 1. The van der Waals surface area contributed by atoms with Crippen molar-refractivity contribution in [3.63, 3.8) is 0 Å². The molecule has 0 bridgehead atoms. The molecule has 18 heavy (non-hydrogen) atoms. The van der Waals surface area contributed by atoms with Crippen molar-refractivity contribution in [3.05, 3.63) is 28.8 Å². The Balaban J connectivity index is 2.51. The van der Waals surface area contributed by atoms with Gasteiger partial charge in [-0.3, -0.25) is 4.79 Å². The summed E-state index contributed by atoms with van der Waals surface area (Å²) >= 11 is 9.08. The number of benzene rings is 1. The molecular weight excluding hydrogens is 321 g/mol. The number of amides is 1. The second-order valence-corrected chi connectivity index (χ2v) is 4.63. The van der Waals surface area contributed by atoms with Crippen molar-refractivity contribution >= 4 is 33.4 Å². The number of rotatable bonds is 7. The average Bonchev–Trinajstić information content (AvgIpc) is 2.38. The Kier molecular flexibility index (Phi) is 7.08. The van der Waals surface area contributed by atoms with Crippen molar-refractivity contribution in [3.8, 4) is 5.75 Å². The van der Waals surface area contributed by atoms with Crippen LogP contribution >= 0.6 is 27.5 Å². The molecule has 1 aromatic rings. The topological polar surface area (TPSA) is 47.6 Å². The number of carbonyl (C=O) groups is 1. The zero-order valence-corrected chi connectivity index (χ0v) is 12.4. The predicted molar refractivity (Wildman–Crippen MR) is 75.0 cm³/mol. The van der Waals surface area contributed by atoms with E-state index < -0.39 is 0 Å². The molecule has 0 aliphatic heterocycles. The van der Waals surface area contributed by atoms with Gasteiger partial charge in [0.15, 0.2) is 0 Å². The van der Waals surface area contributed by atoms with Crippen molar-refractivity contribution in [2.24, 2.45) is 0 Å². The summed E-state index contributed by atoms with van der Waals surface area (Å²) in [5, 5.41) is 4.06. The third-order valence-corrected chi connectivity index (χ3v) is 2.72. The largest absolute Gasteiger partial charge is 0.496 e. The second-order valence-electron chi connectivity index (χ2n) is 3.40. The Morgan fingerprint density at radius 1 is 1.44 bits per heavy atom. The monoisotopic (exact) mass is 335 g/mol. The van der Waals surface area contributed by atoms with E-state index in [1.165, 1.54) is 7.11 Å². The van der Waals surface area contributed by atoms with Gasteiger partial charge >= 0.3 is 0 Å². The highest BCUT2D eigenvalue weighted by Gasteiger charge is 2.11. The van der Waals surface area contributed by atoms with E-state index in [1.54, 1.807) is 18.2 Å². The fraction of sp³-hybridized carbons (Fsp3) is 0.417. The van der Waals surface area contributed by atoms with Crippen LogP contribution < -0.4 is 10.1 Å². The van der Waals surface area contributed by atoms with Crippen LogP contribution in [0.1, 0.15) is 10.4 Å². The van der Waals surface area contributed by atoms with E-state index in [2.05, 4.69) is 21.2 Å². The van der Waals surface area contributed by atoms with Crippen LogP contribution in [0.15, 0.2) is 18.2 Å². The molecule has 0 spiro atoms. The molecule has 1 amide bonds. The highest BCUT2D eigenvalue weighted by molar-refractivity contribution is 9.09. The van der Waals surface area contributed by atoms with Crippen molar-refractivity contribution in [2.45, 2.75) is 0 Å². The van der Waals surface area contributed by atoms with E-state index in [1.807, 2.05) is 0 Å². The fourth-order valence-corrected chi connectivity index (χ4v) is 1.73. The Morgan fingerprint density at radius 2 is 2.22 bits per heavy atom. The number of hydrogen-bond donors (Lipinski definition) is 1. The smallest absolute Gasteiger partial charge is 0.255 e. The number of alkyl halides is 1. The highest BCUT2D eigenvalue weighted by atomic mass is 79.9. The van der Waals surface area contributed by atoms with Crippen LogP contribution in [-0.2, 0) is 4.74 Å². The van der Waals surface area contributed by atoms with Crippen LogP contribution in [0.2, 0.25) is 5.02 Å². The molecule has 1 aromatic carbocycles. The lowest BCUT2D eigenvalue weighted by molar-refractivity contribution is 0.0921. The molecule has 0 saturated carbocycles. The summed E-state index contributed by atoms with van der Waals surface area (Å²) in [6.45, 7) is 1.56. The first-order valence-electron chi connectivity index (χ1n) is 5.44. The molecule has 0 radical (unpaired) electrons. The molecule has 6 heteroatoms. The van der Waals surface area contributed by atoms with E-state index >= 15 is 0 Å². The minimum Gasteiger partial charge on any atom is -0.496 e. The van der Waals surface area contributed by atoms with Gasteiger partial charge in [0.05, 0.1) is 25.9 Å². The van der Waals surface area contributed by atoms with Crippen molar-refractivity contribution in [1.29, 1.82) is 0 Å². The average molecular weight is 337 g/mol. The molecule has 0 atom stereocenters. The van der Waals surface area contributed by atoms with Crippen LogP contribution in [0.5, 0.6) is 5.75 Å². The summed E-state index contributed by atoms with van der Waals surface area (Å²) in [5.41, 5.74) is 0.461. The molecule has 4 nitrogen and oxygen atoms in total. The van der Waals surface area contributed by atoms with Crippen LogP contribution in [0.4, 0.5) is 0 Å². The minimum atomic E-state index is -0.203. The number of ether oxygens (including phenoxy) is 2. The summed E-state index contributed by atoms with van der Waals surface area (Å²) in [7, 11) is 1.50. The first kappa shape index (κ1) is 15.3. The number of methoxy groups -OCH3 is 1.